The van der Waals surface area contributed by atoms with Crippen molar-refractivity contribution in [3.8, 4) is 5.75 Å². The van der Waals surface area contributed by atoms with Crippen LogP contribution in [0, 0.1) is 0 Å². The lowest BCUT2D eigenvalue weighted by Gasteiger charge is -2.16. The van der Waals surface area contributed by atoms with Gasteiger partial charge in [0.05, 0.1) is 17.6 Å². The number of imidazole rings is 1. The van der Waals surface area contributed by atoms with Crippen molar-refractivity contribution in [2.45, 2.75) is 37.8 Å². The Morgan fingerprint density at radius 3 is 2.68 bits per heavy atom. The van der Waals surface area contributed by atoms with E-state index in [4.69, 9.17) is 21.3 Å². The van der Waals surface area contributed by atoms with Gasteiger partial charge in [-0.25, -0.2) is 4.98 Å². The molecule has 1 atom stereocenters. The van der Waals surface area contributed by atoms with Crippen LogP contribution in [0.15, 0.2) is 48.5 Å². The topological polar surface area (TPSA) is 47.4 Å². The molecule has 5 nitrogen and oxygen atoms in total. The molecule has 1 saturated heterocycles. The first-order valence-electron chi connectivity index (χ1n) is 9.82. The van der Waals surface area contributed by atoms with Gasteiger partial charge in [-0.2, -0.15) is 0 Å². The highest BCUT2D eigenvalue weighted by atomic mass is 35.5. The molecule has 3 aromatic rings. The molecule has 28 heavy (non-hydrogen) atoms. The molecule has 0 radical (unpaired) electrons. The summed E-state index contributed by atoms with van der Waals surface area (Å²) < 4.78 is 8.13. The van der Waals surface area contributed by atoms with Crippen molar-refractivity contribution in [3.63, 3.8) is 0 Å². The summed E-state index contributed by atoms with van der Waals surface area (Å²) in [6.45, 7) is 2.00. The van der Waals surface area contributed by atoms with Gasteiger partial charge in [0.2, 0.25) is 5.91 Å². The molecule has 1 amide bonds. The van der Waals surface area contributed by atoms with Crippen molar-refractivity contribution >= 4 is 28.5 Å². The molecule has 0 spiro atoms. The van der Waals surface area contributed by atoms with E-state index in [1.165, 1.54) is 0 Å². The van der Waals surface area contributed by atoms with Crippen LogP contribution >= 0.6 is 11.6 Å². The fraction of sp³-hybridized carbons (Fsp3) is 0.364. The maximum Gasteiger partial charge on any atom is 0.223 e. The number of aromatic nitrogens is 2. The second-order valence-corrected chi connectivity index (χ2v) is 8.03. The van der Waals surface area contributed by atoms with E-state index in [1.54, 1.807) is 0 Å². The Labute approximate surface area is 168 Å². The SMILES string of the molecule is O=C1CC(c2nc3ccccc3n2CCOc2ccc(Cl)cc2)CN1C1CC1. The number of carbonyl (C=O) groups excluding carboxylic acids is 1. The number of hydrogen-bond acceptors (Lipinski definition) is 3. The Bertz CT molecular complexity index is 1010. The minimum absolute atomic E-state index is 0.149. The molecule has 1 unspecified atom stereocenters. The molecule has 0 N–H and O–H groups in total. The quantitative estimate of drug-likeness (QED) is 0.627. The molecule has 2 aliphatic rings. The summed E-state index contributed by atoms with van der Waals surface area (Å²) in [6.07, 6.45) is 2.84. The van der Waals surface area contributed by atoms with E-state index in [0.29, 0.717) is 30.6 Å². The predicted octanol–water partition coefficient (Wildman–Crippen LogP) is 4.25. The summed E-state index contributed by atoms with van der Waals surface area (Å²) >= 11 is 5.94. The van der Waals surface area contributed by atoms with E-state index < -0.39 is 0 Å². The highest BCUT2D eigenvalue weighted by Crippen LogP contribution is 2.37. The maximum absolute atomic E-state index is 12.4. The summed E-state index contributed by atoms with van der Waals surface area (Å²) in [5.41, 5.74) is 2.07. The number of hydrogen-bond donors (Lipinski definition) is 0. The van der Waals surface area contributed by atoms with Crippen molar-refractivity contribution in [1.82, 2.24) is 14.5 Å². The second-order valence-electron chi connectivity index (χ2n) is 7.59. The van der Waals surface area contributed by atoms with E-state index in [2.05, 4.69) is 15.5 Å². The standard InChI is InChI=1S/C22H22ClN3O2/c23-16-5-9-18(10-6-16)28-12-11-25-20-4-2-1-3-19(20)24-22(25)15-13-21(27)26(14-15)17-7-8-17/h1-6,9-10,15,17H,7-8,11-14H2. The van der Waals surface area contributed by atoms with Crippen LogP contribution in [0.5, 0.6) is 5.75 Å². The van der Waals surface area contributed by atoms with Gasteiger partial charge in [-0.15, -0.1) is 0 Å². The predicted molar refractivity (Wildman–Crippen MR) is 109 cm³/mol. The van der Waals surface area contributed by atoms with Crippen molar-refractivity contribution in [2.24, 2.45) is 0 Å². The second kappa shape index (κ2) is 7.13. The molecule has 144 valence electrons. The lowest BCUT2D eigenvalue weighted by molar-refractivity contribution is -0.128. The highest BCUT2D eigenvalue weighted by Gasteiger charge is 2.41. The molecule has 1 saturated carbocycles. The largest absolute Gasteiger partial charge is 0.492 e. The van der Waals surface area contributed by atoms with Gasteiger partial charge < -0.3 is 14.2 Å². The molecule has 1 aliphatic heterocycles. The fourth-order valence-corrected chi connectivity index (χ4v) is 4.20. The van der Waals surface area contributed by atoms with Crippen molar-refractivity contribution in [2.75, 3.05) is 13.2 Å². The van der Waals surface area contributed by atoms with E-state index in [0.717, 1.165) is 42.0 Å². The summed E-state index contributed by atoms with van der Waals surface area (Å²) in [5, 5.41) is 0.696. The van der Waals surface area contributed by atoms with E-state index in [1.807, 2.05) is 42.5 Å². The van der Waals surface area contributed by atoms with Gasteiger partial charge >= 0.3 is 0 Å². The first-order chi connectivity index (χ1) is 13.7. The number of likely N-dealkylation sites (tertiary alicyclic amines) is 1. The first kappa shape index (κ1) is 17.6. The van der Waals surface area contributed by atoms with Crippen LogP contribution in [0.25, 0.3) is 11.0 Å². The highest BCUT2D eigenvalue weighted by molar-refractivity contribution is 6.30. The number of fused-ring (bicyclic) bond motifs is 1. The normalized spacial score (nSPS) is 19.5. The lowest BCUT2D eigenvalue weighted by atomic mass is 10.1. The Morgan fingerprint density at radius 1 is 1.11 bits per heavy atom. The number of nitrogens with zero attached hydrogens (tertiary/aromatic N) is 3. The van der Waals surface area contributed by atoms with Gasteiger partial charge in [0.1, 0.15) is 18.2 Å². The van der Waals surface area contributed by atoms with Crippen LogP contribution in [0.1, 0.15) is 31.0 Å². The van der Waals surface area contributed by atoms with Crippen LogP contribution in [0.3, 0.4) is 0 Å². The van der Waals surface area contributed by atoms with Crippen LogP contribution in [-0.4, -0.2) is 39.6 Å². The number of ether oxygens (including phenoxy) is 1. The number of carbonyl (C=O) groups is 1. The maximum atomic E-state index is 12.4. The zero-order valence-electron chi connectivity index (χ0n) is 15.6. The van der Waals surface area contributed by atoms with Crippen LogP contribution < -0.4 is 4.74 Å². The van der Waals surface area contributed by atoms with E-state index in [-0.39, 0.29) is 11.8 Å². The van der Waals surface area contributed by atoms with Gasteiger partial charge in [0, 0.05) is 29.9 Å². The smallest absolute Gasteiger partial charge is 0.223 e. The van der Waals surface area contributed by atoms with Crippen molar-refractivity contribution < 1.29 is 9.53 Å². The Balaban J connectivity index is 1.38. The molecule has 5 rings (SSSR count). The number of rotatable bonds is 6. The van der Waals surface area contributed by atoms with Gasteiger partial charge in [0.15, 0.2) is 0 Å². The molecule has 2 fully saturated rings. The summed E-state index contributed by atoms with van der Waals surface area (Å²) in [4.78, 5) is 19.4. The van der Waals surface area contributed by atoms with Gasteiger partial charge in [0.25, 0.3) is 0 Å². The number of benzene rings is 2. The molecule has 0 bridgehead atoms. The average Bonchev–Trinajstić information content (AvgIpc) is 3.38. The minimum atomic E-state index is 0.149. The third-order valence-corrected chi connectivity index (χ3v) is 5.84. The Morgan fingerprint density at radius 2 is 1.89 bits per heavy atom. The van der Waals surface area contributed by atoms with Gasteiger partial charge in [-0.1, -0.05) is 23.7 Å². The molecule has 1 aromatic heterocycles. The Hall–Kier alpha value is -2.53. The lowest BCUT2D eigenvalue weighted by Crippen LogP contribution is -2.27. The number of para-hydroxylation sites is 2. The molecular formula is C22H22ClN3O2. The van der Waals surface area contributed by atoms with Crippen LogP contribution in [0.2, 0.25) is 5.02 Å². The van der Waals surface area contributed by atoms with Crippen molar-refractivity contribution in [1.29, 1.82) is 0 Å². The molecule has 2 aromatic carbocycles. The monoisotopic (exact) mass is 395 g/mol. The summed E-state index contributed by atoms with van der Waals surface area (Å²) in [6, 6.07) is 16.0. The molecular weight excluding hydrogens is 374 g/mol. The Kier molecular flexibility index (Phi) is 4.47. The average molecular weight is 396 g/mol. The molecule has 6 heteroatoms. The third-order valence-electron chi connectivity index (χ3n) is 5.59. The summed E-state index contributed by atoms with van der Waals surface area (Å²) in [7, 11) is 0. The number of amides is 1. The van der Waals surface area contributed by atoms with Gasteiger partial charge in [-0.3, -0.25) is 4.79 Å². The van der Waals surface area contributed by atoms with Crippen LogP contribution in [0.4, 0.5) is 0 Å². The fourth-order valence-electron chi connectivity index (χ4n) is 4.07. The molecule has 1 aliphatic carbocycles. The zero-order valence-corrected chi connectivity index (χ0v) is 16.3. The molecule has 2 heterocycles. The minimum Gasteiger partial charge on any atom is -0.492 e. The van der Waals surface area contributed by atoms with Crippen LogP contribution in [-0.2, 0) is 11.3 Å². The third kappa shape index (κ3) is 3.35. The van der Waals surface area contributed by atoms with E-state index >= 15 is 0 Å². The zero-order chi connectivity index (χ0) is 19.1. The first-order valence-corrected chi connectivity index (χ1v) is 10.2. The summed E-state index contributed by atoms with van der Waals surface area (Å²) in [5.74, 6) is 2.21. The van der Waals surface area contributed by atoms with Gasteiger partial charge in [-0.05, 0) is 49.2 Å². The van der Waals surface area contributed by atoms with Crippen molar-refractivity contribution in [3.05, 3.63) is 59.4 Å². The van der Waals surface area contributed by atoms with E-state index in [9.17, 15) is 4.79 Å². The number of halogens is 1.